The van der Waals surface area contributed by atoms with E-state index in [1.165, 1.54) is 12.8 Å². The van der Waals surface area contributed by atoms with Gasteiger partial charge in [0, 0.05) is 6.04 Å². The molecule has 4 heteroatoms. The summed E-state index contributed by atoms with van der Waals surface area (Å²) in [6.07, 6.45) is 4.54. The van der Waals surface area contributed by atoms with Gasteiger partial charge in [-0.15, -0.1) is 0 Å². The summed E-state index contributed by atoms with van der Waals surface area (Å²) in [5.74, 6) is 0.629. The zero-order chi connectivity index (χ0) is 13.1. The normalized spacial score (nSPS) is 21.2. The molecule has 0 saturated heterocycles. The van der Waals surface area contributed by atoms with Gasteiger partial charge in [0.2, 0.25) is 5.91 Å². The summed E-state index contributed by atoms with van der Waals surface area (Å²) in [5.41, 5.74) is 4.84. The van der Waals surface area contributed by atoms with Crippen molar-refractivity contribution in [3.8, 4) is 0 Å². The summed E-state index contributed by atoms with van der Waals surface area (Å²) in [6, 6.07) is 0.671. The zero-order valence-corrected chi connectivity index (χ0v) is 11.6. The third-order valence-corrected chi connectivity index (χ3v) is 4.28. The molecule has 100 valence electrons. The third-order valence-electron chi connectivity index (χ3n) is 4.28. The molecule has 17 heavy (non-hydrogen) atoms. The Kier molecular flexibility index (Phi) is 4.95. The van der Waals surface area contributed by atoms with Crippen LogP contribution in [0, 0.1) is 5.92 Å². The molecule has 1 fully saturated rings. The smallest absolute Gasteiger partial charge is 0.237 e. The maximum absolute atomic E-state index is 11.3. The quantitative estimate of drug-likeness (QED) is 0.665. The van der Waals surface area contributed by atoms with E-state index in [9.17, 15) is 4.79 Å². The number of nitrogens with zero attached hydrogens (tertiary/aromatic N) is 1. The Bertz CT molecular complexity index is 265. The van der Waals surface area contributed by atoms with E-state index in [1.54, 1.807) is 7.05 Å². The number of carbonyl (C=O) groups is 1. The van der Waals surface area contributed by atoms with E-state index in [2.05, 4.69) is 24.2 Å². The molecule has 3 N–H and O–H groups in total. The second-order valence-electron chi connectivity index (χ2n) is 5.61. The number of primary amides is 1. The van der Waals surface area contributed by atoms with Crippen molar-refractivity contribution in [1.82, 2.24) is 10.2 Å². The lowest BCUT2D eigenvalue weighted by Crippen LogP contribution is -2.51. The summed E-state index contributed by atoms with van der Waals surface area (Å²) >= 11 is 0. The van der Waals surface area contributed by atoms with Gasteiger partial charge in [-0.05, 0) is 66.1 Å². The molecule has 0 aliphatic heterocycles. The minimum absolute atomic E-state index is 0.266. The Morgan fingerprint density at radius 1 is 1.59 bits per heavy atom. The van der Waals surface area contributed by atoms with Crippen LogP contribution < -0.4 is 11.1 Å². The first-order valence-electron chi connectivity index (χ1n) is 6.60. The molecule has 0 aromatic heterocycles. The highest BCUT2D eigenvalue weighted by Crippen LogP contribution is 2.34. The first-order chi connectivity index (χ1) is 7.90. The predicted molar refractivity (Wildman–Crippen MR) is 70.7 cm³/mol. The maximum Gasteiger partial charge on any atom is 0.237 e. The molecular formula is C13H27N3O. The maximum atomic E-state index is 11.3. The van der Waals surface area contributed by atoms with E-state index in [1.807, 2.05) is 6.92 Å². The molecule has 0 spiro atoms. The zero-order valence-electron chi connectivity index (χ0n) is 11.6. The van der Waals surface area contributed by atoms with Gasteiger partial charge in [-0.3, -0.25) is 4.79 Å². The van der Waals surface area contributed by atoms with Gasteiger partial charge in [0.1, 0.15) is 0 Å². The third kappa shape index (κ3) is 3.96. The Balaban J connectivity index is 2.28. The van der Waals surface area contributed by atoms with Crippen LogP contribution in [-0.2, 0) is 4.79 Å². The summed E-state index contributed by atoms with van der Waals surface area (Å²) in [7, 11) is 3.96. The minimum Gasteiger partial charge on any atom is -0.368 e. The molecule has 1 rings (SSSR count). The molecule has 0 bridgehead atoms. The molecule has 0 radical (unpaired) electrons. The van der Waals surface area contributed by atoms with Gasteiger partial charge in [0.15, 0.2) is 0 Å². The van der Waals surface area contributed by atoms with Crippen molar-refractivity contribution in [3.05, 3.63) is 0 Å². The summed E-state index contributed by atoms with van der Waals surface area (Å²) < 4.78 is 0. The molecular weight excluding hydrogens is 214 g/mol. The van der Waals surface area contributed by atoms with Gasteiger partial charge in [-0.25, -0.2) is 0 Å². The van der Waals surface area contributed by atoms with Crippen molar-refractivity contribution in [2.24, 2.45) is 11.7 Å². The fourth-order valence-electron chi connectivity index (χ4n) is 2.20. The first-order valence-corrected chi connectivity index (χ1v) is 6.60. The van der Waals surface area contributed by atoms with Crippen LogP contribution in [0.4, 0.5) is 0 Å². The summed E-state index contributed by atoms with van der Waals surface area (Å²) in [5, 5.41) is 3.02. The average Bonchev–Trinajstić information content (AvgIpc) is 3.11. The van der Waals surface area contributed by atoms with Crippen LogP contribution >= 0.6 is 0 Å². The Morgan fingerprint density at radius 3 is 2.59 bits per heavy atom. The van der Waals surface area contributed by atoms with Crippen LogP contribution in [0.1, 0.15) is 39.5 Å². The molecule has 0 aromatic rings. The number of rotatable bonds is 8. The fourth-order valence-corrected chi connectivity index (χ4v) is 2.20. The highest BCUT2D eigenvalue weighted by molar-refractivity contribution is 5.84. The summed E-state index contributed by atoms with van der Waals surface area (Å²) in [6.45, 7) is 5.20. The number of hydrogen-bond donors (Lipinski definition) is 2. The molecule has 2 atom stereocenters. The number of nitrogens with one attached hydrogen (secondary N) is 1. The average molecular weight is 241 g/mol. The fraction of sp³-hybridized carbons (Fsp3) is 0.923. The van der Waals surface area contributed by atoms with Gasteiger partial charge >= 0.3 is 0 Å². The highest BCUT2D eigenvalue weighted by atomic mass is 16.1. The lowest BCUT2D eigenvalue weighted by molar-refractivity contribution is -0.123. The molecule has 2 unspecified atom stereocenters. The van der Waals surface area contributed by atoms with E-state index in [4.69, 9.17) is 5.73 Å². The van der Waals surface area contributed by atoms with E-state index in [-0.39, 0.29) is 5.91 Å². The Hall–Kier alpha value is -0.610. The van der Waals surface area contributed by atoms with E-state index in [0.29, 0.717) is 6.04 Å². The number of hydrogen-bond acceptors (Lipinski definition) is 3. The molecule has 0 aromatic carbocycles. The van der Waals surface area contributed by atoms with Crippen LogP contribution in [0.25, 0.3) is 0 Å². The molecule has 1 aliphatic rings. The van der Waals surface area contributed by atoms with Gasteiger partial charge in [0.25, 0.3) is 0 Å². The second kappa shape index (κ2) is 5.83. The molecule has 1 aliphatic carbocycles. The highest BCUT2D eigenvalue weighted by Gasteiger charge is 2.31. The summed E-state index contributed by atoms with van der Waals surface area (Å²) in [4.78, 5) is 13.7. The largest absolute Gasteiger partial charge is 0.368 e. The van der Waals surface area contributed by atoms with Crippen molar-refractivity contribution in [2.75, 3.05) is 20.6 Å². The number of carbonyl (C=O) groups excluding carboxylic acids is 1. The van der Waals surface area contributed by atoms with Gasteiger partial charge in [-0.2, -0.15) is 0 Å². The number of likely N-dealkylation sites (N-methyl/N-ethyl adjacent to an activating group) is 1. The number of amides is 1. The lowest BCUT2D eigenvalue weighted by atomic mass is 9.95. The number of nitrogens with two attached hydrogens (primary N) is 1. The van der Waals surface area contributed by atoms with E-state index in [0.717, 1.165) is 25.3 Å². The molecule has 1 amide bonds. The predicted octanol–water partition coefficient (Wildman–Crippen LogP) is 0.960. The van der Waals surface area contributed by atoms with Crippen molar-refractivity contribution >= 4 is 5.91 Å². The first kappa shape index (κ1) is 14.5. The standard InChI is InChI=1S/C13H27N3O/c1-10(11-6-7-11)16(4)9-5-8-13(2,15-3)12(14)17/h10-11,15H,5-9H2,1-4H3,(H2,14,17). The van der Waals surface area contributed by atoms with Gasteiger partial charge in [-0.1, -0.05) is 0 Å². The Morgan fingerprint density at radius 2 is 2.18 bits per heavy atom. The second-order valence-corrected chi connectivity index (χ2v) is 5.61. The lowest BCUT2D eigenvalue weighted by Gasteiger charge is -2.28. The Labute approximate surface area is 105 Å². The van der Waals surface area contributed by atoms with Gasteiger partial charge in [0.05, 0.1) is 5.54 Å². The topological polar surface area (TPSA) is 58.4 Å². The molecule has 4 nitrogen and oxygen atoms in total. The van der Waals surface area contributed by atoms with Crippen LogP contribution in [-0.4, -0.2) is 43.0 Å². The van der Waals surface area contributed by atoms with Crippen molar-refractivity contribution in [1.29, 1.82) is 0 Å². The van der Waals surface area contributed by atoms with Crippen LogP contribution in [0.5, 0.6) is 0 Å². The van der Waals surface area contributed by atoms with E-state index < -0.39 is 5.54 Å². The van der Waals surface area contributed by atoms with Crippen molar-refractivity contribution in [2.45, 2.75) is 51.1 Å². The SMILES string of the molecule is CNC(C)(CCCN(C)C(C)C1CC1)C(N)=O. The molecule has 1 saturated carbocycles. The van der Waals surface area contributed by atoms with Crippen LogP contribution in [0.15, 0.2) is 0 Å². The van der Waals surface area contributed by atoms with Crippen molar-refractivity contribution < 1.29 is 4.79 Å². The van der Waals surface area contributed by atoms with Gasteiger partial charge < -0.3 is 16.0 Å². The van der Waals surface area contributed by atoms with E-state index >= 15 is 0 Å². The minimum atomic E-state index is -0.566. The van der Waals surface area contributed by atoms with Crippen LogP contribution in [0.2, 0.25) is 0 Å². The van der Waals surface area contributed by atoms with Crippen LogP contribution in [0.3, 0.4) is 0 Å². The molecule has 0 heterocycles. The monoisotopic (exact) mass is 241 g/mol. The van der Waals surface area contributed by atoms with Crippen molar-refractivity contribution in [3.63, 3.8) is 0 Å².